The van der Waals surface area contributed by atoms with Crippen LogP contribution in [0.1, 0.15) is 16.2 Å². The van der Waals surface area contributed by atoms with E-state index in [-0.39, 0.29) is 11.7 Å². The van der Waals surface area contributed by atoms with Gasteiger partial charge in [-0.25, -0.2) is 19.0 Å². The van der Waals surface area contributed by atoms with Crippen molar-refractivity contribution in [2.24, 2.45) is 0 Å². The fourth-order valence-corrected chi connectivity index (χ4v) is 4.46. The molecule has 0 spiro atoms. The summed E-state index contributed by atoms with van der Waals surface area (Å²) in [5, 5.41) is 9.11. The Bertz CT molecular complexity index is 1180. The van der Waals surface area contributed by atoms with Gasteiger partial charge in [0.25, 0.3) is 5.91 Å². The minimum atomic E-state index is -0.324. The summed E-state index contributed by atoms with van der Waals surface area (Å²) in [7, 11) is 0. The lowest BCUT2D eigenvalue weighted by atomic mass is 10.2. The third kappa shape index (κ3) is 3.28. The van der Waals surface area contributed by atoms with Crippen LogP contribution in [0.4, 0.5) is 9.52 Å². The molecule has 5 rings (SSSR count). The van der Waals surface area contributed by atoms with Gasteiger partial charge in [-0.2, -0.15) is 0 Å². The van der Waals surface area contributed by atoms with Gasteiger partial charge in [0.15, 0.2) is 10.8 Å². The lowest BCUT2D eigenvalue weighted by Gasteiger charge is -2.34. The van der Waals surface area contributed by atoms with Crippen molar-refractivity contribution in [3.8, 4) is 5.69 Å². The molecule has 10 heteroatoms. The molecule has 0 radical (unpaired) electrons. The van der Waals surface area contributed by atoms with Crippen LogP contribution in [0.15, 0.2) is 42.6 Å². The van der Waals surface area contributed by atoms with E-state index in [9.17, 15) is 9.18 Å². The molecule has 30 heavy (non-hydrogen) atoms. The van der Waals surface area contributed by atoms with Gasteiger partial charge in [0.2, 0.25) is 0 Å². The maximum atomic E-state index is 13.2. The van der Waals surface area contributed by atoms with Crippen molar-refractivity contribution in [3.05, 3.63) is 59.8 Å². The first kappa shape index (κ1) is 18.6. The molecule has 0 saturated carbocycles. The molecular weight excluding hydrogens is 405 g/mol. The second kappa shape index (κ2) is 7.45. The summed E-state index contributed by atoms with van der Waals surface area (Å²) in [6.45, 7) is 4.32. The van der Waals surface area contributed by atoms with Gasteiger partial charge in [-0.1, -0.05) is 16.6 Å². The molecule has 1 amide bonds. The topological polar surface area (TPSA) is 80.0 Å². The highest BCUT2D eigenvalue weighted by atomic mass is 32.1. The van der Waals surface area contributed by atoms with Crippen LogP contribution in [0.3, 0.4) is 0 Å². The van der Waals surface area contributed by atoms with E-state index < -0.39 is 0 Å². The molecule has 0 atom stereocenters. The summed E-state index contributed by atoms with van der Waals surface area (Å²) in [4.78, 5) is 26.9. The van der Waals surface area contributed by atoms with Crippen LogP contribution in [0, 0.1) is 12.7 Å². The summed E-state index contributed by atoms with van der Waals surface area (Å²) < 4.78 is 14.7. The number of nitrogens with zero attached hydrogens (tertiary/aromatic N) is 7. The van der Waals surface area contributed by atoms with Gasteiger partial charge in [-0.15, -0.1) is 5.10 Å². The van der Waals surface area contributed by atoms with E-state index in [1.54, 1.807) is 46.2 Å². The molecule has 4 heterocycles. The highest BCUT2D eigenvalue weighted by Gasteiger charge is 2.27. The Balaban J connectivity index is 1.29. The second-order valence-electron chi connectivity index (χ2n) is 7.02. The number of piperazine rings is 1. The van der Waals surface area contributed by atoms with E-state index >= 15 is 0 Å². The average Bonchev–Trinajstić information content (AvgIpc) is 3.38. The Labute approximate surface area is 175 Å². The molecule has 0 unspecified atom stereocenters. The molecule has 1 aliphatic heterocycles. The zero-order valence-electron chi connectivity index (χ0n) is 16.2. The summed E-state index contributed by atoms with van der Waals surface area (Å²) in [5.41, 5.74) is 2.50. The van der Waals surface area contributed by atoms with E-state index in [1.165, 1.54) is 12.1 Å². The zero-order chi connectivity index (χ0) is 20.7. The van der Waals surface area contributed by atoms with Crippen molar-refractivity contribution in [3.63, 3.8) is 0 Å². The van der Waals surface area contributed by atoms with Crippen LogP contribution in [0.2, 0.25) is 0 Å². The Kier molecular flexibility index (Phi) is 4.62. The molecule has 152 valence electrons. The van der Waals surface area contributed by atoms with Crippen LogP contribution in [-0.2, 0) is 0 Å². The molecule has 3 aromatic heterocycles. The van der Waals surface area contributed by atoms with Gasteiger partial charge in [0, 0.05) is 32.4 Å². The van der Waals surface area contributed by atoms with Crippen molar-refractivity contribution >= 4 is 32.7 Å². The minimum Gasteiger partial charge on any atom is -0.344 e. The fraction of sp³-hybridized carbons (Fsp3) is 0.250. The number of benzene rings is 1. The summed E-state index contributed by atoms with van der Waals surface area (Å²) in [6.07, 6.45) is 1.77. The summed E-state index contributed by atoms with van der Waals surface area (Å²) in [5.74, 6) is -0.471. The summed E-state index contributed by atoms with van der Waals surface area (Å²) >= 11 is 1.56. The number of pyridine rings is 1. The van der Waals surface area contributed by atoms with Crippen LogP contribution < -0.4 is 4.90 Å². The van der Waals surface area contributed by atoms with Crippen LogP contribution in [0.5, 0.6) is 0 Å². The summed E-state index contributed by atoms with van der Waals surface area (Å²) in [6, 6.07) is 9.76. The molecule has 0 N–H and O–H groups in total. The van der Waals surface area contributed by atoms with E-state index in [1.807, 2.05) is 12.1 Å². The maximum absolute atomic E-state index is 13.2. The van der Waals surface area contributed by atoms with Gasteiger partial charge < -0.3 is 9.80 Å². The Morgan fingerprint density at radius 2 is 1.87 bits per heavy atom. The van der Waals surface area contributed by atoms with E-state index in [2.05, 4.69) is 25.2 Å². The number of anilines is 1. The average molecular weight is 423 g/mol. The molecule has 0 bridgehead atoms. The van der Waals surface area contributed by atoms with Crippen LogP contribution in [-0.4, -0.2) is 61.9 Å². The highest BCUT2D eigenvalue weighted by Crippen LogP contribution is 2.28. The molecule has 8 nitrogen and oxygen atoms in total. The van der Waals surface area contributed by atoms with Crippen molar-refractivity contribution in [1.29, 1.82) is 0 Å². The van der Waals surface area contributed by atoms with Crippen molar-refractivity contribution in [1.82, 2.24) is 29.9 Å². The van der Waals surface area contributed by atoms with Gasteiger partial charge in [0.05, 0.1) is 11.4 Å². The van der Waals surface area contributed by atoms with Crippen LogP contribution in [0.25, 0.3) is 16.0 Å². The first-order valence-electron chi connectivity index (χ1n) is 9.54. The largest absolute Gasteiger partial charge is 0.344 e. The predicted octanol–water partition coefficient (Wildman–Crippen LogP) is 2.68. The van der Waals surface area contributed by atoms with Crippen molar-refractivity contribution < 1.29 is 9.18 Å². The van der Waals surface area contributed by atoms with E-state index in [0.717, 1.165) is 15.5 Å². The zero-order valence-corrected chi connectivity index (χ0v) is 17.0. The highest BCUT2D eigenvalue weighted by molar-refractivity contribution is 7.21. The number of hydrogen-bond donors (Lipinski definition) is 0. The van der Waals surface area contributed by atoms with Gasteiger partial charge in [-0.05, 0) is 43.3 Å². The maximum Gasteiger partial charge on any atom is 0.276 e. The number of amides is 1. The van der Waals surface area contributed by atoms with Crippen molar-refractivity contribution in [2.75, 3.05) is 31.1 Å². The first-order valence-corrected chi connectivity index (χ1v) is 10.4. The lowest BCUT2D eigenvalue weighted by Crippen LogP contribution is -2.49. The Hall–Kier alpha value is -3.40. The fourth-order valence-electron chi connectivity index (χ4n) is 3.50. The third-order valence-electron chi connectivity index (χ3n) is 5.16. The number of hydrogen-bond acceptors (Lipinski definition) is 7. The SMILES string of the molecule is Cc1c(C(=O)N2CCN(c3nc4cccnc4s3)CC2)nnn1-c1ccc(F)cc1. The monoisotopic (exact) mass is 423 g/mol. The minimum absolute atomic E-state index is 0.147. The smallest absolute Gasteiger partial charge is 0.276 e. The number of aromatic nitrogens is 5. The van der Waals surface area contributed by atoms with E-state index in [4.69, 9.17) is 0 Å². The normalized spacial score (nSPS) is 14.5. The molecule has 0 aliphatic carbocycles. The number of carbonyl (C=O) groups is 1. The number of rotatable bonds is 3. The molecule has 4 aromatic rings. The third-order valence-corrected chi connectivity index (χ3v) is 6.20. The predicted molar refractivity (Wildman–Crippen MR) is 112 cm³/mol. The molecule has 1 saturated heterocycles. The number of thiazole rings is 1. The molecule has 1 aliphatic rings. The van der Waals surface area contributed by atoms with E-state index in [0.29, 0.717) is 43.3 Å². The number of carbonyl (C=O) groups excluding carboxylic acids is 1. The quantitative estimate of drug-likeness (QED) is 0.504. The Morgan fingerprint density at radius 3 is 2.60 bits per heavy atom. The number of halogens is 1. The first-order chi connectivity index (χ1) is 14.6. The number of fused-ring (bicyclic) bond motifs is 1. The Morgan fingerprint density at radius 1 is 1.10 bits per heavy atom. The molecule has 1 fully saturated rings. The van der Waals surface area contributed by atoms with Gasteiger partial charge >= 0.3 is 0 Å². The van der Waals surface area contributed by atoms with Crippen LogP contribution >= 0.6 is 11.3 Å². The lowest BCUT2D eigenvalue weighted by molar-refractivity contribution is 0.0740. The van der Waals surface area contributed by atoms with Gasteiger partial charge in [0.1, 0.15) is 16.2 Å². The van der Waals surface area contributed by atoms with Crippen molar-refractivity contribution in [2.45, 2.75) is 6.92 Å². The molecule has 1 aromatic carbocycles. The van der Waals surface area contributed by atoms with Gasteiger partial charge in [-0.3, -0.25) is 4.79 Å². The second-order valence-corrected chi connectivity index (χ2v) is 7.97. The molecular formula is C20H18FN7OS. The standard InChI is InChI=1S/C20H18FN7OS/c1-13-17(24-25-28(13)15-6-4-14(21)5-7-15)19(29)26-9-11-27(12-10-26)20-23-16-3-2-8-22-18(16)30-20/h2-8H,9-12H2,1H3.